The van der Waals surface area contributed by atoms with Gasteiger partial charge < -0.3 is 25.3 Å². The maximum Gasteiger partial charge on any atom is 0.265 e. The third-order valence-electron chi connectivity index (χ3n) is 4.29. The molecule has 0 saturated heterocycles. The monoisotopic (exact) mass is 431 g/mol. The van der Waals surface area contributed by atoms with Crippen LogP contribution in [0.3, 0.4) is 0 Å². The highest BCUT2D eigenvalue weighted by atomic mass is 32.1. The van der Waals surface area contributed by atoms with Crippen molar-refractivity contribution >= 4 is 35.3 Å². The van der Waals surface area contributed by atoms with Crippen LogP contribution in [0, 0.1) is 3.95 Å². The Morgan fingerprint density at radius 2 is 1.72 bits per heavy atom. The van der Waals surface area contributed by atoms with Crippen LogP contribution in [-0.2, 0) is 6.54 Å². The molecule has 0 aliphatic carbocycles. The number of methoxy groups -OCH3 is 3. The van der Waals surface area contributed by atoms with E-state index in [2.05, 4.69) is 5.32 Å². The zero-order valence-corrected chi connectivity index (χ0v) is 17.9. The van der Waals surface area contributed by atoms with Gasteiger partial charge in [-0.05, 0) is 42.0 Å². The minimum absolute atomic E-state index is 0.249. The Balaban J connectivity index is 1.87. The van der Waals surface area contributed by atoms with Crippen molar-refractivity contribution in [3.63, 3.8) is 0 Å². The number of carbonyl (C=O) groups is 1. The summed E-state index contributed by atoms with van der Waals surface area (Å²) >= 11 is 6.61. The molecule has 1 aromatic heterocycles. The number of rotatable bonds is 7. The van der Waals surface area contributed by atoms with E-state index in [9.17, 15) is 4.79 Å². The first-order chi connectivity index (χ1) is 14.0. The first-order valence-corrected chi connectivity index (χ1v) is 9.85. The molecule has 0 radical (unpaired) electrons. The molecular weight excluding hydrogens is 410 g/mol. The minimum atomic E-state index is -0.296. The van der Waals surface area contributed by atoms with Gasteiger partial charge in [-0.3, -0.25) is 9.36 Å². The highest BCUT2D eigenvalue weighted by Gasteiger charge is 2.20. The fourth-order valence-corrected chi connectivity index (χ4v) is 4.02. The van der Waals surface area contributed by atoms with E-state index in [1.807, 2.05) is 24.3 Å². The number of hydrogen-bond acceptors (Lipinski definition) is 7. The summed E-state index contributed by atoms with van der Waals surface area (Å²) in [4.78, 5) is 13.1. The number of aromatic nitrogens is 1. The predicted octanol–water partition coefficient (Wildman–Crippen LogP) is 3.81. The van der Waals surface area contributed by atoms with Crippen LogP contribution in [0.4, 0.5) is 5.82 Å². The Kier molecular flexibility index (Phi) is 6.40. The van der Waals surface area contributed by atoms with Gasteiger partial charge in [0.2, 0.25) is 0 Å². The maximum absolute atomic E-state index is 12.7. The van der Waals surface area contributed by atoms with Crippen LogP contribution in [0.5, 0.6) is 17.2 Å². The van der Waals surface area contributed by atoms with Crippen molar-refractivity contribution in [2.24, 2.45) is 0 Å². The van der Waals surface area contributed by atoms with Crippen molar-refractivity contribution in [3.8, 4) is 22.9 Å². The highest BCUT2D eigenvalue weighted by molar-refractivity contribution is 7.73. The number of hydrogen-bond donors (Lipinski definition) is 2. The number of carbonyl (C=O) groups excluding carboxylic acids is 1. The summed E-state index contributed by atoms with van der Waals surface area (Å²) < 4.78 is 17.9. The van der Waals surface area contributed by atoms with Gasteiger partial charge in [0.1, 0.15) is 27.9 Å². The van der Waals surface area contributed by atoms with Gasteiger partial charge in [-0.25, -0.2) is 0 Å². The Morgan fingerprint density at radius 3 is 2.34 bits per heavy atom. The van der Waals surface area contributed by atoms with Crippen molar-refractivity contribution in [1.29, 1.82) is 0 Å². The van der Waals surface area contributed by atoms with E-state index < -0.39 is 0 Å². The largest absolute Gasteiger partial charge is 0.497 e. The topological polar surface area (TPSA) is 87.7 Å². The zero-order chi connectivity index (χ0) is 21.0. The number of nitrogen functional groups attached to an aromatic ring is 1. The molecule has 0 aliphatic rings. The summed E-state index contributed by atoms with van der Waals surface area (Å²) in [6, 6.07) is 12.7. The van der Waals surface area contributed by atoms with Gasteiger partial charge in [0.05, 0.1) is 27.0 Å². The van der Waals surface area contributed by atoms with Crippen molar-refractivity contribution in [3.05, 3.63) is 56.9 Å². The first-order valence-electron chi connectivity index (χ1n) is 8.63. The maximum atomic E-state index is 12.7. The molecule has 7 nitrogen and oxygen atoms in total. The van der Waals surface area contributed by atoms with E-state index in [0.29, 0.717) is 32.6 Å². The molecule has 1 heterocycles. The third-order valence-corrected chi connectivity index (χ3v) is 5.68. The minimum Gasteiger partial charge on any atom is -0.497 e. The molecule has 2 aromatic carbocycles. The van der Waals surface area contributed by atoms with E-state index in [-0.39, 0.29) is 11.7 Å². The molecule has 3 rings (SSSR count). The fourth-order valence-electron chi connectivity index (χ4n) is 2.75. The Labute approximate surface area is 177 Å². The number of thiazole rings is 1. The van der Waals surface area contributed by atoms with Crippen LogP contribution in [0.15, 0.2) is 42.5 Å². The summed E-state index contributed by atoms with van der Waals surface area (Å²) in [6.45, 7) is 0.357. The second kappa shape index (κ2) is 8.97. The van der Waals surface area contributed by atoms with Crippen LogP contribution in [-0.4, -0.2) is 31.8 Å². The van der Waals surface area contributed by atoms with Crippen molar-refractivity contribution in [2.45, 2.75) is 6.54 Å². The normalized spacial score (nSPS) is 10.4. The van der Waals surface area contributed by atoms with Gasteiger partial charge in [0.25, 0.3) is 5.91 Å². The summed E-state index contributed by atoms with van der Waals surface area (Å²) in [5.41, 5.74) is 7.84. The smallest absolute Gasteiger partial charge is 0.265 e. The summed E-state index contributed by atoms with van der Waals surface area (Å²) in [6.07, 6.45) is 0. The molecule has 0 atom stereocenters. The molecule has 0 spiro atoms. The molecule has 0 bridgehead atoms. The van der Waals surface area contributed by atoms with Gasteiger partial charge in [-0.15, -0.1) is 0 Å². The highest BCUT2D eigenvalue weighted by Crippen LogP contribution is 2.33. The molecule has 3 N–H and O–H groups in total. The third kappa shape index (κ3) is 4.36. The zero-order valence-electron chi connectivity index (χ0n) is 16.2. The molecule has 0 unspecified atom stereocenters. The fraction of sp³-hybridized carbons (Fsp3) is 0.200. The summed E-state index contributed by atoms with van der Waals surface area (Å²) in [7, 11) is 4.73. The van der Waals surface area contributed by atoms with Crippen LogP contribution >= 0.6 is 23.6 Å². The van der Waals surface area contributed by atoms with Gasteiger partial charge in [0.15, 0.2) is 3.95 Å². The van der Waals surface area contributed by atoms with Crippen LogP contribution in [0.1, 0.15) is 15.2 Å². The second-order valence-electron chi connectivity index (χ2n) is 5.99. The first kappa shape index (κ1) is 20.7. The number of nitrogens with two attached hydrogens (primary N) is 1. The second-order valence-corrected chi connectivity index (χ2v) is 7.63. The predicted molar refractivity (Wildman–Crippen MR) is 116 cm³/mol. The van der Waals surface area contributed by atoms with Gasteiger partial charge >= 0.3 is 0 Å². The summed E-state index contributed by atoms with van der Waals surface area (Å²) in [5, 5.41) is 2.87. The number of ether oxygens (including phenoxy) is 3. The molecule has 0 fully saturated rings. The van der Waals surface area contributed by atoms with Crippen LogP contribution < -0.4 is 25.3 Å². The quantitative estimate of drug-likeness (QED) is 0.553. The average Bonchev–Trinajstić information content (AvgIpc) is 3.05. The number of benzene rings is 2. The Hall–Kier alpha value is -3.04. The summed E-state index contributed by atoms with van der Waals surface area (Å²) in [5.74, 6) is 1.90. The number of nitrogens with zero attached hydrogens (tertiary/aromatic N) is 1. The van der Waals surface area contributed by atoms with E-state index in [0.717, 1.165) is 22.6 Å². The van der Waals surface area contributed by atoms with Gasteiger partial charge in [0, 0.05) is 12.6 Å². The number of amides is 1. The molecule has 0 aliphatic heterocycles. The van der Waals surface area contributed by atoms with Crippen molar-refractivity contribution in [1.82, 2.24) is 9.88 Å². The van der Waals surface area contributed by atoms with E-state index in [4.69, 9.17) is 32.2 Å². The van der Waals surface area contributed by atoms with E-state index >= 15 is 0 Å². The van der Waals surface area contributed by atoms with Crippen LogP contribution in [0.25, 0.3) is 5.69 Å². The lowest BCUT2D eigenvalue weighted by molar-refractivity contribution is 0.0955. The average molecular weight is 432 g/mol. The Bertz CT molecular complexity index is 1070. The molecule has 152 valence electrons. The van der Waals surface area contributed by atoms with Crippen molar-refractivity contribution in [2.75, 3.05) is 27.1 Å². The molecule has 3 aromatic rings. The van der Waals surface area contributed by atoms with Gasteiger partial charge in [-0.1, -0.05) is 23.5 Å². The van der Waals surface area contributed by atoms with Gasteiger partial charge in [-0.2, -0.15) is 0 Å². The number of anilines is 1. The van der Waals surface area contributed by atoms with E-state index in [1.165, 1.54) is 0 Å². The molecule has 1 amide bonds. The lowest BCUT2D eigenvalue weighted by atomic mass is 10.2. The molecule has 0 saturated carbocycles. The van der Waals surface area contributed by atoms with Crippen LogP contribution in [0.2, 0.25) is 0 Å². The lowest BCUT2D eigenvalue weighted by Crippen LogP contribution is -2.23. The lowest BCUT2D eigenvalue weighted by Gasteiger charge is -2.13. The Morgan fingerprint density at radius 1 is 1.07 bits per heavy atom. The molecular formula is C20H21N3O4S2. The van der Waals surface area contributed by atoms with E-state index in [1.54, 1.807) is 44.1 Å². The molecule has 9 heteroatoms. The standard InChI is InChI=1S/C20H21N3O4S2/c1-25-13-6-4-12(5-7-13)11-22-19(24)17-18(21)23(20(28)29-17)15-10-14(26-2)8-9-16(15)27-3/h4-10H,11,21H2,1-3H3,(H,22,24). The van der Waals surface area contributed by atoms with Crippen molar-refractivity contribution < 1.29 is 19.0 Å². The number of nitrogens with one attached hydrogen (secondary N) is 1. The SMILES string of the molecule is COc1ccc(CNC(=O)c2sc(=S)n(-c3cc(OC)ccc3OC)c2N)cc1. The molecule has 29 heavy (non-hydrogen) atoms.